The van der Waals surface area contributed by atoms with Crippen LogP contribution in [0.3, 0.4) is 0 Å². The Morgan fingerprint density at radius 1 is 1.29 bits per heavy atom. The first-order valence-electron chi connectivity index (χ1n) is 6.41. The van der Waals surface area contributed by atoms with Gasteiger partial charge in [0.15, 0.2) is 0 Å². The summed E-state index contributed by atoms with van der Waals surface area (Å²) < 4.78 is 5.71. The molecule has 0 saturated heterocycles. The van der Waals surface area contributed by atoms with Crippen molar-refractivity contribution in [2.24, 2.45) is 0 Å². The van der Waals surface area contributed by atoms with Crippen LogP contribution < -0.4 is 4.74 Å². The SMILES string of the molecule is CCCCCc1cc(O)c2c(c1)O[C@H](C)C=C2. The summed E-state index contributed by atoms with van der Waals surface area (Å²) in [6.45, 7) is 4.19. The van der Waals surface area contributed by atoms with Crippen LogP contribution >= 0.6 is 0 Å². The molecule has 2 rings (SSSR count). The summed E-state index contributed by atoms with van der Waals surface area (Å²) in [5, 5.41) is 9.95. The molecular weight excluding hydrogens is 212 g/mol. The first-order chi connectivity index (χ1) is 8.20. The molecule has 92 valence electrons. The van der Waals surface area contributed by atoms with Crippen LogP contribution in [0.1, 0.15) is 44.2 Å². The molecular formula is C15H20O2. The van der Waals surface area contributed by atoms with Gasteiger partial charge in [0, 0.05) is 0 Å². The molecule has 0 aliphatic carbocycles. The van der Waals surface area contributed by atoms with E-state index >= 15 is 0 Å². The van der Waals surface area contributed by atoms with E-state index in [1.54, 1.807) is 0 Å². The third kappa shape index (κ3) is 2.82. The van der Waals surface area contributed by atoms with E-state index in [0.717, 1.165) is 23.3 Å². The third-order valence-corrected chi connectivity index (χ3v) is 3.10. The number of aryl methyl sites for hydroxylation is 1. The van der Waals surface area contributed by atoms with Crippen molar-refractivity contribution in [1.29, 1.82) is 0 Å². The minimum Gasteiger partial charge on any atom is -0.507 e. The zero-order chi connectivity index (χ0) is 12.3. The average molecular weight is 232 g/mol. The van der Waals surface area contributed by atoms with E-state index in [0.29, 0.717) is 5.75 Å². The van der Waals surface area contributed by atoms with Crippen molar-refractivity contribution in [1.82, 2.24) is 0 Å². The molecule has 2 heteroatoms. The number of benzene rings is 1. The molecule has 17 heavy (non-hydrogen) atoms. The molecule has 0 spiro atoms. The quantitative estimate of drug-likeness (QED) is 0.797. The predicted molar refractivity (Wildman–Crippen MR) is 70.5 cm³/mol. The second-order valence-electron chi connectivity index (χ2n) is 4.67. The highest BCUT2D eigenvalue weighted by Crippen LogP contribution is 2.35. The molecule has 0 fully saturated rings. The molecule has 1 heterocycles. The second-order valence-corrected chi connectivity index (χ2v) is 4.67. The normalized spacial score (nSPS) is 17.6. The molecule has 1 aliphatic rings. The summed E-state index contributed by atoms with van der Waals surface area (Å²) in [4.78, 5) is 0. The van der Waals surface area contributed by atoms with Crippen molar-refractivity contribution in [2.45, 2.75) is 45.6 Å². The van der Waals surface area contributed by atoms with Gasteiger partial charge in [0.1, 0.15) is 17.6 Å². The monoisotopic (exact) mass is 232 g/mol. The Morgan fingerprint density at radius 2 is 2.12 bits per heavy atom. The molecule has 1 aliphatic heterocycles. The smallest absolute Gasteiger partial charge is 0.131 e. The number of phenolic OH excluding ortho intramolecular Hbond substituents is 1. The maximum absolute atomic E-state index is 9.95. The zero-order valence-corrected chi connectivity index (χ0v) is 10.6. The van der Waals surface area contributed by atoms with Crippen LogP contribution in [0, 0.1) is 0 Å². The fourth-order valence-corrected chi connectivity index (χ4v) is 2.13. The van der Waals surface area contributed by atoms with Gasteiger partial charge in [-0.1, -0.05) is 19.8 Å². The number of unbranched alkanes of at least 4 members (excludes halogenated alkanes) is 2. The minimum atomic E-state index is 0.0905. The zero-order valence-electron chi connectivity index (χ0n) is 10.6. The largest absolute Gasteiger partial charge is 0.507 e. The summed E-state index contributed by atoms with van der Waals surface area (Å²) >= 11 is 0. The van der Waals surface area contributed by atoms with Gasteiger partial charge in [-0.2, -0.15) is 0 Å². The topological polar surface area (TPSA) is 29.5 Å². The van der Waals surface area contributed by atoms with Crippen LogP contribution in [0.5, 0.6) is 11.5 Å². The van der Waals surface area contributed by atoms with E-state index < -0.39 is 0 Å². The molecule has 2 nitrogen and oxygen atoms in total. The molecule has 1 aromatic rings. The van der Waals surface area contributed by atoms with Gasteiger partial charge in [0.25, 0.3) is 0 Å². The Morgan fingerprint density at radius 3 is 2.88 bits per heavy atom. The molecule has 1 aromatic carbocycles. The van der Waals surface area contributed by atoms with Crippen molar-refractivity contribution < 1.29 is 9.84 Å². The lowest BCUT2D eigenvalue weighted by Gasteiger charge is -2.20. The van der Waals surface area contributed by atoms with Crippen LogP contribution in [0.25, 0.3) is 6.08 Å². The van der Waals surface area contributed by atoms with Crippen molar-refractivity contribution in [2.75, 3.05) is 0 Å². The van der Waals surface area contributed by atoms with E-state index in [4.69, 9.17) is 4.74 Å². The van der Waals surface area contributed by atoms with Crippen molar-refractivity contribution in [3.8, 4) is 11.5 Å². The summed E-state index contributed by atoms with van der Waals surface area (Å²) in [5.41, 5.74) is 1.97. The first-order valence-corrected chi connectivity index (χ1v) is 6.41. The fourth-order valence-electron chi connectivity index (χ4n) is 2.13. The number of phenols is 1. The Balaban J connectivity index is 2.18. The van der Waals surface area contributed by atoms with E-state index in [1.807, 2.05) is 25.1 Å². The van der Waals surface area contributed by atoms with Crippen molar-refractivity contribution in [3.05, 3.63) is 29.3 Å². The molecule has 0 unspecified atom stereocenters. The molecule has 1 N–H and O–H groups in total. The lowest BCUT2D eigenvalue weighted by atomic mass is 10.0. The lowest BCUT2D eigenvalue weighted by molar-refractivity contribution is 0.264. The van der Waals surface area contributed by atoms with Crippen LogP contribution in [0.2, 0.25) is 0 Å². The summed E-state index contributed by atoms with van der Waals surface area (Å²) in [7, 11) is 0. The van der Waals surface area contributed by atoms with E-state index in [2.05, 4.69) is 13.0 Å². The number of rotatable bonds is 4. The van der Waals surface area contributed by atoms with Gasteiger partial charge < -0.3 is 9.84 Å². The Bertz CT molecular complexity index is 421. The van der Waals surface area contributed by atoms with E-state index in [1.165, 1.54) is 19.3 Å². The molecule has 0 bridgehead atoms. The average Bonchev–Trinajstić information content (AvgIpc) is 2.28. The number of hydrogen-bond acceptors (Lipinski definition) is 2. The van der Waals surface area contributed by atoms with Gasteiger partial charge in [-0.25, -0.2) is 0 Å². The summed E-state index contributed by atoms with van der Waals surface area (Å²) in [6, 6.07) is 3.92. The molecule has 1 atom stereocenters. The van der Waals surface area contributed by atoms with E-state index in [9.17, 15) is 5.11 Å². The van der Waals surface area contributed by atoms with Gasteiger partial charge in [0.2, 0.25) is 0 Å². The Kier molecular flexibility index (Phi) is 3.72. The summed E-state index contributed by atoms with van der Waals surface area (Å²) in [6.07, 6.45) is 8.61. The number of fused-ring (bicyclic) bond motifs is 1. The predicted octanol–water partition coefficient (Wildman–Crippen LogP) is 3.92. The van der Waals surface area contributed by atoms with Crippen LogP contribution in [-0.4, -0.2) is 11.2 Å². The highest BCUT2D eigenvalue weighted by Gasteiger charge is 2.15. The second kappa shape index (κ2) is 5.26. The van der Waals surface area contributed by atoms with Crippen molar-refractivity contribution >= 4 is 6.08 Å². The highest BCUT2D eigenvalue weighted by atomic mass is 16.5. The standard InChI is InChI=1S/C15H20O2/c1-3-4-5-6-12-9-14(16)13-8-7-11(2)17-15(13)10-12/h7-11,16H,3-6H2,1-2H3/t11-/m1/s1. The van der Waals surface area contributed by atoms with Gasteiger partial charge in [-0.3, -0.25) is 0 Å². The first kappa shape index (κ1) is 12.0. The van der Waals surface area contributed by atoms with Gasteiger partial charge in [-0.15, -0.1) is 0 Å². The third-order valence-electron chi connectivity index (χ3n) is 3.10. The Labute approximate surface area is 103 Å². The molecule has 0 radical (unpaired) electrons. The van der Waals surface area contributed by atoms with Gasteiger partial charge in [-0.05, 0) is 49.6 Å². The fraction of sp³-hybridized carbons (Fsp3) is 0.467. The molecule has 0 aromatic heterocycles. The van der Waals surface area contributed by atoms with Gasteiger partial charge in [0.05, 0.1) is 5.56 Å². The summed E-state index contributed by atoms with van der Waals surface area (Å²) in [5.74, 6) is 1.14. The maximum Gasteiger partial charge on any atom is 0.131 e. The molecule has 0 saturated carbocycles. The Hall–Kier alpha value is -1.44. The van der Waals surface area contributed by atoms with Gasteiger partial charge >= 0.3 is 0 Å². The maximum atomic E-state index is 9.95. The van der Waals surface area contributed by atoms with E-state index in [-0.39, 0.29) is 6.10 Å². The number of aromatic hydroxyl groups is 1. The van der Waals surface area contributed by atoms with Crippen LogP contribution in [-0.2, 0) is 6.42 Å². The lowest BCUT2D eigenvalue weighted by Crippen LogP contribution is -2.12. The number of hydrogen-bond donors (Lipinski definition) is 1. The van der Waals surface area contributed by atoms with Crippen molar-refractivity contribution in [3.63, 3.8) is 0 Å². The number of ether oxygens (including phenoxy) is 1. The van der Waals surface area contributed by atoms with Crippen LogP contribution in [0.4, 0.5) is 0 Å². The molecule has 0 amide bonds. The minimum absolute atomic E-state index is 0.0905. The highest BCUT2D eigenvalue weighted by molar-refractivity contribution is 5.67. The van der Waals surface area contributed by atoms with Crippen LogP contribution in [0.15, 0.2) is 18.2 Å².